The van der Waals surface area contributed by atoms with Gasteiger partial charge >= 0.3 is 0 Å². The molecule has 4 rings (SSSR count). The van der Waals surface area contributed by atoms with E-state index in [1.165, 1.54) is 10.3 Å². The van der Waals surface area contributed by atoms with E-state index in [1.54, 1.807) is 11.3 Å². The minimum absolute atomic E-state index is 0. The molecule has 27 heavy (non-hydrogen) atoms. The van der Waals surface area contributed by atoms with Crippen LogP contribution in [0.4, 0.5) is 5.69 Å². The quantitative estimate of drug-likeness (QED) is 0.669. The minimum Gasteiger partial charge on any atom is -0.326 e. The number of thiazole rings is 1. The first-order valence-corrected chi connectivity index (χ1v) is 9.96. The lowest BCUT2D eigenvalue weighted by Gasteiger charge is -2.27. The largest absolute Gasteiger partial charge is 0.326 e. The number of carbonyl (C=O) groups is 1. The summed E-state index contributed by atoms with van der Waals surface area (Å²) in [5.74, 6) is 0.242. The number of piperidine rings is 1. The summed E-state index contributed by atoms with van der Waals surface area (Å²) < 4.78 is 1.22. The fraction of sp³-hybridized carbons (Fsp3) is 0.333. The van der Waals surface area contributed by atoms with Gasteiger partial charge in [0.2, 0.25) is 5.91 Å². The number of fused-ring (bicyclic) bond motifs is 1. The Labute approximate surface area is 169 Å². The fourth-order valence-corrected chi connectivity index (χ4v) is 4.49. The van der Waals surface area contributed by atoms with Gasteiger partial charge in [-0.2, -0.15) is 0 Å². The molecule has 0 unspecified atom stereocenters. The van der Waals surface area contributed by atoms with Gasteiger partial charge in [0.25, 0.3) is 0 Å². The lowest BCUT2D eigenvalue weighted by Crippen LogP contribution is -2.40. The second-order valence-corrected chi connectivity index (χ2v) is 8.13. The number of anilines is 1. The third-order valence-corrected chi connectivity index (χ3v) is 5.95. The van der Waals surface area contributed by atoms with Crippen LogP contribution in [0.3, 0.4) is 0 Å². The number of para-hydroxylation sites is 1. The summed E-state index contributed by atoms with van der Waals surface area (Å²) in [6.45, 7) is 3.05. The molecule has 2 atom stereocenters. The van der Waals surface area contributed by atoms with Gasteiger partial charge in [-0.05, 0) is 56.1 Å². The van der Waals surface area contributed by atoms with Gasteiger partial charge in [0.15, 0.2) is 0 Å². The molecule has 0 radical (unpaired) electrons. The molecule has 4 nitrogen and oxygen atoms in total. The predicted molar refractivity (Wildman–Crippen MR) is 115 cm³/mol. The number of benzene rings is 2. The number of aromatic nitrogens is 1. The molecule has 1 aliphatic heterocycles. The Morgan fingerprint density at radius 2 is 2.00 bits per heavy atom. The topological polar surface area (TPSA) is 54.0 Å². The molecule has 1 amide bonds. The zero-order valence-electron chi connectivity index (χ0n) is 15.3. The monoisotopic (exact) mass is 401 g/mol. The average molecular weight is 402 g/mol. The van der Waals surface area contributed by atoms with Crippen LogP contribution in [0.25, 0.3) is 10.2 Å². The van der Waals surface area contributed by atoms with Gasteiger partial charge in [0.05, 0.1) is 15.2 Å². The molecule has 1 saturated heterocycles. The molecule has 6 heteroatoms. The van der Waals surface area contributed by atoms with E-state index in [9.17, 15) is 4.79 Å². The first kappa shape index (κ1) is 19.8. The summed E-state index contributed by atoms with van der Waals surface area (Å²) in [6.07, 6.45) is 2.63. The van der Waals surface area contributed by atoms with Crippen molar-refractivity contribution >= 4 is 45.6 Å². The van der Waals surface area contributed by atoms with Crippen LogP contribution in [-0.4, -0.2) is 23.5 Å². The van der Waals surface area contributed by atoms with E-state index in [2.05, 4.69) is 46.8 Å². The second-order valence-electron chi connectivity index (χ2n) is 7.01. The van der Waals surface area contributed by atoms with Gasteiger partial charge in [0.1, 0.15) is 0 Å². The van der Waals surface area contributed by atoms with Crippen molar-refractivity contribution in [3.8, 4) is 0 Å². The molecular formula is C21H24ClN3OS. The van der Waals surface area contributed by atoms with Gasteiger partial charge < -0.3 is 10.6 Å². The summed E-state index contributed by atoms with van der Waals surface area (Å²) >= 11 is 1.74. The summed E-state index contributed by atoms with van der Waals surface area (Å²) in [7, 11) is 0. The van der Waals surface area contributed by atoms with E-state index in [1.807, 2.05) is 24.3 Å². The number of hydrogen-bond acceptors (Lipinski definition) is 4. The number of carbonyl (C=O) groups excluding carboxylic acids is 1. The van der Waals surface area contributed by atoms with Gasteiger partial charge in [-0.1, -0.05) is 24.3 Å². The maximum atomic E-state index is 12.4. The van der Waals surface area contributed by atoms with E-state index in [4.69, 9.17) is 0 Å². The molecule has 0 bridgehead atoms. The van der Waals surface area contributed by atoms with E-state index < -0.39 is 0 Å². The number of amides is 1. The predicted octanol–water partition coefficient (Wildman–Crippen LogP) is 4.64. The maximum Gasteiger partial charge on any atom is 0.227 e. The van der Waals surface area contributed by atoms with Crippen molar-refractivity contribution in [1.82, 2.24) is 10.3 Å². The van der Waals surface area contributed by atoms with Crippen molar-refractivity contribution in [3.05, 3.63) is 59.1 Å². The molecule has 0 spiro atoms. The lowest BCUT2D eigenvalue weighted by atomic mass is 9.92. The smallest absolute Gasteiger partial charge is 0.227 e. The number of hydrogen-bond donors (Lipinski definition) is 2. The first-order chi connectivity index (χ1) is 12.7. The number of halogens is 1. The van der Waals surface area contributed by atoms with E-state index >= 15 is 0 Å². The maximum absolute atomic E-state index is 12.4. The van der Waals surface area contributed by atoms with Crippen molar-refractivity contribution < 1.29 is 4.79 Å². The molecule has 2 N–H and O–H groups in total. The van der Waals surface area contributed by atoms with Crippen molar-refractivity contribution in [2.24, 2.45) is 5.92 Å². The zero-order chi connectivity index (χ0) is 17.9. The summed E-state index contributed by atoms with van der Waals surface area (Å²) in [6, 6.07) is 16.8. The van der Waals surface area contributed by atoms with E-state index in [-0.39, 0.29) is 24.2 Å². The molecule has 2 aromatic carbocycles. The highest BCUT2D eigenvalue weighted by molar-refractivity contribution is 7.18. The number of nitrogens with one attached hydrogen (secondary N) is 2. The van der Waals surface area contributed by atoms with E-state index in [0.29, 0.717) is 6.04 Å². The lowest BCUT2D eigenvalue weighted by molar-refractivity contribution is -0.120. The molecular weight excluding hydrogens is 378 g/mol. The minimum atomic E-state index is 0. The Hall–Kier alpha value is -1.95. The Bertz CT molecular complexity index is 876. The molecule has 1 aliphatic rings. The highest BCUT2D eigenvalue weighted by Gasteiger charge is 2.24. The fourth-order valence-electron chi connectivity index (χ4n) is 3.49. The van der Waals surface area contributed by atoms with Crippen LogP contribution >= 0.6 is 23.7 Å². The molecule has 3 aromatic rings. The highest BCUT2D eigenvalue weighted by Crippen LogP contribution is 2.24. The van der Waals surface area contributed by atoms with Crippen LogP contribution in [-0.2, 0) is 11.2 Å². The average Bonchev–Trinajstić information content (AvgIpc) is 3.05. The van der Waals surface area contributed by atoms with Crippen LogP contribution < -0.4 is 10.6 Å². The second kappa shape index (κ2) is 8.83. The van der Waals surface area contributed by atoms with Crippen LogP contribution in [0.5, 0.6) is 0 Å². The van der Waals surface area contributed by atoms with Gasteiger partial charge in [-0.25, -0.2) is 4.98 Å². The molecule has 0 aliphatic carbocycles. The van der Waals surface area contributed by atoms with Crippen LogP contribution in [0.15, 0.2) is 48.5 Å². The molecule has 0 saturated carbocycles. The third kappa shape index (κ3) is 4.86. The Balaban J connectivity index is 0.00000210. The Morgan fingerprint density at radius 3 is 2.74 bits per heavy atom. The van der Waals surface area contributed by atoms with Crippen LogP contribution in [0.1, 0.15) is 30.3 Å². The summed E-state index contributed by atoms with van der Waals surface area (Å²) in [5.41, 5.74) is 3.14. The van der Waals surface area contributed by atoms with E-state index in [0.717, 1.165) is 42.0 Å². The summed E-state index contributed by atoms with van der Waals surface area (Å²) in [5, 5.41) is 7.57. The molecule has 2 heterocycles. The van der Waals surface area contributed by atoms with Crippen molar-refractivity contribution in [2.45, 2.75) is 32.2 Å². The first-order valence-electron chi connectivity index (χ1n) is 9.15. The highest BCUT2D eigenvalue weighted by atomic mass is 35.5. The van der Waals surface area contributed by atoms with Crippen molar-refractivity contribution in [1.29, 1.82) is 0 Å². The summed E-state index contributed by atoms with van der Waals surface area (Å²) in [4.78, 5) is 17.1. The van der Waals surface area contributed by atoms with Gasteiger partial charge in [0, 0.05) is 24.1 Å². The standard InChI is InChI=1S/C21H23N3OS.ClH/c1-14-12-16(10-11-22-14)21(25)23-17-8-6-15(7-9-17)13-20-24-18-4-2-3-5-19(18)26-20;/h2-9,14,16,22H,10-13H2,1H3,(H,23,25);1H/t14-,16-;/m0./s1. The van der Waals surface area contributed by atoms with Crippen LogP contribution in [0, 0.1) is 5.92 Å². The van der Waals surface area contributed by atoms with Crippen LogP contribution in [0.2, 0.25) is 0 Å². The Morgan fingerprint density at radius 1 is 1.22 bits per heavy atom. The Kier molecular flexibility index (Phi) is 6.47. The van der Waals surface area contributed by atoms with Gasteiger partial charge in [-0.15, -0.1) is 23.7 Å². The number of nitrogens with zero attached hydrogens (tertiary/aromatic N) is 1. The molecule has 1 aromatic heterocycles. The van der Waals surface area contributed by atoms with Gasteiger partial charge in [-0.3, -0.25) is 4.79 Å². The normalized spacial score (nSPS) is 19.4. The molecule has 1 fully saturated rings. The number of rotatable bonds is 4. The SMILES string of the molecule is C[C@H]1C[C@@H](C(=O)Nc2ccc(Cc3nc4ccccc4s3)cc2)CCN1.Cl. The third-order valence-electron chi connectivity index (χ3n) is 4.91. The van der Waals surface area contributed by atoms with Crippen molar-refractivity contribution in [3.63, 3.8) is 0 Å². The van der Waals surface area contributed by atoms with Crippen molar-refractivity contribution in [2.75, 3.05) is 11.9 Å². The zero-order valence-corrected chi connectivity index (χ0v) is 16.9. The molecule has 142 valence electrons.